The third kappa shape index (κ3) is 6.08. The molecule has 0 atom stereocenters. The fraction of sp³-hybridized carbons (Fsp3) is 0.409. The lowest BCUT2D eigenvalue weighted by Crippen LogP contribution is -2.33. The number of rotatable bonds is 10. The van der Waals surface area contributed by atoms with Crippen molar-refractivity contribution < 1.29 is 26.4 Å². The van der Waals surface area contributed by atoms with E-state index in [1.54, 1.807) is 18.2 Å². The van der Waals surface area contributed by atoms with Crippen molar-refractivity contribution >= 4 is 25.8 Å². The van der Waals surface area contributed by atoms with Crippen molar-refractivity contribution in [2.45, 2.75) is 47.9 Å². The Balaban J connectivity index is 1.63. The van der Waals surface area contributed by atoms with Crippen LogP contribution in [0.4, 0.5) is 0 Å². The summed E-state index contributed by atoms with van der Waals surface area (Å²) in [6.07, 6.45) is 3.76. The third-order valence-corrected chi connectivity index (χ3v) is 8.73. The van der Waals surface area contributed by atoms with E-state index < -0.39 is 25.8 Å². The minimum atomic E-state index is -3.85. The molecule has 1 aliphatic rings. The van der Waals surface area contributed by atoms with Gasteiger partial charge in [0.15, 0.2) is 9.84 Å². The molecule has 2 N–H and O–H groups in total. The normalized spacial score (nSPS) is 14.9. The Kier molecular flexibility index (Phi) is 7.91. The van der Waals surface area contributed by atoms with Gasteiger partial charge in [0, 0.05) is 18.2 Å². The number of benzene rings is 2. The van der Waals surface area contributed by atoms with Gasteiger partial charge < -0.3 is 10.1 Å². The van der Waals surface area contributed by atoms with E-state index in [0.717, 1.165) is 25.7 Å². The lowest BCUT2D eigenvalue weighted by atomic mass is 10.2. The number of methoxy groups -OCH3 is 1. The van der Waals surface area contributed by atoms with E-state index in [4.69, 9.17) is 4.74 Å². The van der Waals surface area contributed by atoms with Crippen LogP contribution in [0.15, 0.2) is 58.3 Å². The summed E-state index contributed by atoms with van der Waals surface area (Å²) in [5.74, 6) is -0.437. The molecule has 0 spiro atoms. The van der Waals surface area contributed by atoms with E-state index in [9.17, 15) is 21.6 Å². The highest BCUT2D eigenvalue weighted by atomic mass is 32.2. The topological polar surface area (TPSA) is 119 Å². The summed E-state index contributed by atoms with van der Waals surface area (Å²) in [6, 6.07) is 12.2. The Morgan fingerprint density at radius 1 is 1.03 bits per heavy atom. The molecule has 3 rings (SSSR count). The van der Waals surface area contributed by atoms with Crippen LogP contribution in [0.3, 0.4) is 0 Å². The van der Waals surface area contributed by atoms with Crippen LogP contribution in [0, 0.1) is 0 Å². The summed E-state index contributed by atoms with van der Waals surface area (Å²) in [4.78, 5) is 12.7. The number of ether oxygens (including phenoxy) is 1. The molecule has 0 aromatic heterocycles. The highest BCUT2D eigenvalue weighted by Gasteiger charge is 2.26. The van der Waals surface area contributed by atoms with Crippen molar-refractivity contribution in [1.82, 2.24) is 10.0 Å². The van der Waals surface area contributed by atoms with Crippen LogP contribution in [-0.2, 0) is 19.9 Å². The van der Waals surface area contributed by atoms with Gasteiger partial charge in [-0.1, -0.05) is 31.0 Å². The van der Waals surface area contributed by atoms with Crippen LogP contribution >= 0.6 is 0 Å². The smallest absolute Gasteiger partial charge is 0.251 e. The second-order valence-electron chi connectivity index (χ2n) is 7.71. The fourth-order valence-electron chi connectivity index (χ4n) is 3.67. The Morgan fingerprint density at radius 2 is 1.72 bits per heavy atom. The Bertz CT molecular complexity index is 1140. The van der Waals surface area contributed by atoms with Crippen LogP contribution in [-0.4, -0.2) is 48.2 Å². The number of sulfonamides is 1. The average Bonchev–Trinajstić information content (AvgIpc) is 3.29. The number of hydrogen-bond acceptors (Lipinski definition) is 6. The second kappa shape index (κ2) is 10.5. The number of hydrogen-bond donors (Lipinski definition) is 2. The molecule has 174 valence electrons. The molecule has 0 heterocycles. The summed E-state index contributed by atoms with van der Waals surface area (Å²) in [6.45, 7) is 0.138. The summed E-state index contributed by atoms with van der Waals surface area (Å²) in [7, 11) is -5.91. The van der Waals surface area contributed by atoms with Gasteiger partial charge >= 0.3 is 0 Å². The summed E-state index contributed by atoms with van der Waals surface area (Å²) >= 11 is 0. The molecular formula is C22H28N2O6S2. The van der Waals surface area contributed by atoms with E-state index in [0.29, 0.717) is 0 Å². The van der Waals surface area contributed by atoms with Crippen LogP contribution in [0.25, 0.3) is 0 Å². The SMILES string of the molecule is COc1ccc(C(=O)NCCCS(=O)(=O)c2ccccc2)cc1S(=O)(=O)NC1CCCC1. The van der Waals surface area contributed by atoms with E-state index in [2.05, 4.69) is 10.0 Å². The van der Waals surface area contributed by atoms with E-state index >= 15 is 0 Å². The molecule has 10 heteroatoms. The standard InChI is InChI=1S/C22H28N2O6S2/c1-30-20-13-12-17(16-21(20)32(28,29)24-18-8-5-6-9-18)22(25)23-14-7-15-31(26,27)19-10-3-2-4-11-19/h2-4,10-13,16,18,24H,5-9,14-15H2,1H3,(H,23,25). The molecule has 2 aromatic carbocycles. The molecule has 0 radical (unpaired) electrons. The maximum Gasteiger partial charge on any atom is 0.251 e. The maximum absolute atomic E-state index is 12.9. The zero-order valence-electron chi connectivity index (χ0n) is 17.9. The first-order chi connectivity index (χ1) is 15.2. The molecule has 0 bridgehead atoms. The third-order valence-electron chi connectivity index (χ3n) is 5.37. The van der Waals surface area contributed by atoms with Gasteiger partial charge in [-0.05, 0) is 49.6 Å². The largest absolute Gasteiger partial charge is 0.495 e. The molecule has 0 unspecified atom stereocenters. The molecule has 32 heavy (non-hydrogen) atoms. The number of amides is 1. The lowest BCUT2D eigenvalue weighted by Gasteiger charge is -2.16. The Morgan fingerprint density at radius 3 is 2.38 bits per heavy atom. The van der Waals surface area contributed by atoms with Crippen molar-refractivity contribution in [2.75, 3.05) is 19.4 Å². The first-order valence-electron chi connectivity index (χ1n) is 10.5. The molecule has 8 nitrogen and oxygen atoms in total. The summed E-state index contributed by atoms with van der Waals surface area (Å²) < 4.78 is 58.2. The molecule has 1 amide bonds. The van der Waals surface area contributed by atoms with Crippen LogP contribution < -0.4 is 14.8 Å². The molecule has 1 aliphatic carbocycles. The number of nitrogens with one attached hydrogen (secondary N) is 2. The second-order valence-corrected chi connectivity index (χ2v) is 11.5. The minimum absolute atomic E-state index is 0.0915. The molecule has 1 saturated carbocycles. The average molecular weight is 481 g/mol. The Labute approximate surface area is 189 Å². The summed E-state index contributed by atoms with van der Waals surface area (Å²) in [5.41, 5.74) is 0.156. The molecule has 0 saturated heterocycles. The minimum Gasteiger partial charge on any atom is -0.495 e. The number of sulfone groups is 1. The molecule has 1 fully saturated rings. The lowest BCUT2D eigenvalue weighted by molar-refractivity contribution is 0.0953. The number of carbonyl (C=O) groups is 1. The summed E-state index contributed by atoms with van der Waals surface area (Å²) in [5, 5.41) is 2.65. The van der Waals surface area contributed by atoms with Gasteiger partial charge in [0.2, 0.25) is 10.0 Å². The van der Waals surface area contributed by atoms with E-state index in [-0.39, 0.29) is 45.9 Å². The maximum atomic E-state index is 12.9. The molecular weight excluding hydrogens is 452 g/mol. The van der Waals surface area contributed by atoms with E-state index in [1.165, 1.54) is 37.4 Å². The quantitative estimate of drug-likeness (QED) is 0.505. The highest BCUT2D eigenvalue weighted by Crippen LogP contribution is 2.27. The highest BCUT2D eigenvalue weighted by molar-refractivity contribution is 7.91. The van der Waals surface area contributed by atoms with Gasteiger partial charge in [-0.15, -0.1) is 0 Å². The van der Waals surface area contributed by atoms with Gasteiger partial charge in [0.1, 0.15) is 10.6 Å². The van der Waals surface area contributed by atoms with Crippen molar-refractivity contribution in [2.24, 2.45) is 0 Å². The van der Waals surface area contributed by atoms with Gasteiger partial charge in [-0.3, -0.25) is 4.79 Å². The predicted octanol–water partition coefficient (Wildman–Crippen LogP) is 2.51. The van der Waals surface area contributed by atoms with Crippen LogP contribution in [0.1, 0.15) is 42.5 Å². The van der Waals surface area contributed by atoms with Gasteiger partial charge in [-0.25, -0.2) is 21.6 Å². The molecule has 2 aromatic rings. The zero-order valence-corrected chi connectivity index (χ0v) is 19.5. The Hall–Kier alpha value is -2.43. The molecule has 0 aliphatic heterocycles. The van der Waals surface area contributed by atoms with Crippen molar-refractivity contribution in [3.8, 4) is 5.75 Å². The first kappa shape index (κ1) is 24.2. The first-order valence-corrected chi connectivity index (χ1v) is 13.6. The van der Waals surface area contributed by atoms with Crippen LogP contribution in [0.2, 0.25) is 0 Å². The zero-order chi connectivity index (χ0) is 23.2. The van der Waals surface area contributed by atoms with Crippen molar-refractivity contribution in [3.63, 3.8) is 0 Å². The van der Waals surface area contributed by atoms with Crippen LogP contribution in [0.5, 0.6) is 5.75 Å². The fourth-order valence-corrected chi connectivity index (χ4v) is 6.50. The predicted molar refractivity (Wildman–Crippen MR) is 121 cm³/mol. The monoisotopic (exact) mass is 480 g/mol. The number of carbonyl (C=O) groups excluding carboxylic acids is 1. The van der Waals surface area contributed by atoms with E-state index in [1.807, 2.05) is 0 Å². The van der Waals surface area contributed by atoms with Gasteiger partial charge in [0.05, 0.1) is 17.8 Å². The van der Waals surface area contributed by atoms with Crippen molar-refractivity contribution in [3.05, 3.63) is 54.1 Å². The van der Waals surface area contributed by atoms with Gasteiger partial charge in [-0.2, -0.15) is 0 Å². The van der Waals surface area contributed by atoms with Crippen molar-refractivity contribution in [1.29, 1.82) is 0 Å². The van der Waals surface area contributed by atoms with Gasteiger partial charge in [0.25, 0.3) is 5.91 Å².